The topological polar surface area (TPSA) is 0 Å². The van der Waals surface area contributed by atoms with Gasteiger partial charge in [0, 0.05) is 0 Å². The van der Waals surface area contributed by atoms with E-state index in [0.717, 1.165) is 12.8 Å². The van der Waals surface area contributed by atoms with Gasteiger partial charge in [0.25, 0.3) is 0 Å². The number of unbranched alkanes of at least 4 members (excludes halogenated alkanes) is 2. The van der Waals surface area contributed by atoms with E-state index in [4.69, 9.17) is 0 Å². The predicted octanol–water partition coefficient (Wildman–Crippen LogP) is 4.86. The van der Waals surface area contributed by atoms with Crippen molar-refractivity contribution >= 4 is 0 Å². The van der Waals surface area contributed by atoms with Gasteiger partial charge in [0.05, 0.1) is 0 Å². The monoisotopic (exact) mass is 222 g/mol. The summed E-state index contributed by atoms with van der Waals surface area (Å²) in [7, 11) is 0. The van der Waals surface area contributed by atoms with Crippen LogP contribution in [0.5, 0.6) is 0 Å². The van der Waals surface area contributed by atoms with E-state index in [1.165, 1.54) is 24.0 Å². The molecule has 0 aliphatic carbocycles. The highest BCUT2D eigenvalue weighted by atomic mass is 19.1. The zero-order valence-electron chi connectivity index (χ0n) is 10.9. The Labute approximate surface area is 98.9 Å². The Morgan fingerprint density at radius 3 is 2.38 bits per heavy atom. The van der Waals surface area contributed by atoms with Crippen molar-refractivity contribution in [3.05, 3.63) is 35.1 Å². The average Bonchev–Trinajstić information content (AvgIpc) is 2.16. The van der Waals surface area contributed by atoms with Crippen LogP contribution in [0.25, 0.3) is 0 Å². The van der Waals surface area contributed by atoms with E-state index < -0.39 is 0 Å². The number of benzene rings is 1. The minimum absolute atomic E-state index is 0.106. The van der Waals surface area contributed by atoms with Gasteiger partial charge in [-0.2, -0.15) is 0 Å². The lowest BCUT2D eigenvalue weighted by Crippen LogP contribution is -2.14. The lowest BCUT2D eigenvalue weighted by Gasteiger charge is -2.23. The van der Waals surface area contributed by atoms with E-state index in [0.29, 0.717) is 0 Å². The Balaban J connectivity index is 2.90. The minimum Gasteiger partial charge on any atom is -0.207 e. The van der Waals surface area contributed by atoms with Crippen molar-refractivity contribution in [1.82, 2.24) is 0 Å². The van der Waals surface area contributed by atoms with Gasteiger partial charge in [-0.3, -0.25) is 0 Å². The summed E-state index contributed by atoms with van der Waals surface area (Å²) >= 11 is 0. The van der Waals surface area contributed by atoms with Crippen LogP contribution in [0.1, 0.15) is 58.1 Å². The van der Waals surface area contributed by atoms with Crippen molar-refractivity contribution in [3.63, 3.8) is 0 Å². The highest BCUT2D eigenvalue weighted by Gasteiger charge is 2.17. The van der Waals surface area contributed by atoms with Crippen molar-refractivity contribution in [2.24, 2.45) is 0 Å². The van der Waals surface area contributed by atoms with Gasteiger partial charge in [-0.15, -0.1) is 0 Å². The van der Waals surface area contributed by atoms with Crippen LogP contribution in [0.3, 0.4) is 0 Å². The maximum atomic E-state index is 13.2. The van der Waals surface area contributed by atoms with Gasteiger partial charge in [0.15, 0.2) is 0 Å². The van der Waals surface area contributed by atoms with Crippen molar-refractivity contribution in [1.29, 1.82) is 0 Å². The second-order valence-corrected chi connectivity index (χ2v) is 5.51. The third-order valence-electron chi connectivity index (χ3n) is 2.92. The Morgan fingerprint density at radius 1 is 1.12 bits per heavy atom. The van der Waals surface area contributed by atoms with E-state index in [-0.39, 0.29) is 11.2 Å². The molecule has 16 heavy (non-hydrogen) atoms. The van der Waals surface area contributed by atoms with Crippen LogP contribution in [0.4, 0.5) is 4.39 Å². The number of hydrogen-bond acceptors (Lipinski definition) is 0. The van der Waals surface area contributed by atoms with Gasteiger partial charge in [0.2, 0.25) is 0 Å². The molecule has 0 N–H and O–H groups in total. The first-order valence-electron chi connectivity index (χ1n) is 6.24. The van der Waals surface area contributed by atoms with Crippen LogP contribution < -0.4 is 0 Å². The first kappa shape index (κ1) is 13.2. The van der Waals surface area contributed by atoms with Crippen molar-refractivity contribution in [2.45, 2.75) is 58.8 Å². The van der Waals surface area contributed by atoms with Crippen LogP contribution >= 0.6 is 0 Å². The molecule has 0 aliphatic rings. The third kappa shape index (κ3) is 3.62. The zero-order valence-corrected chi connectivity index (χ0v) is 10.9. The van der Waals surface area contributed by atoms with E-state index >= 15 is 0 Å². The van der Waals surface area contributed by atoms with Gasteiger partial charge in [-0.25, -0.2) is 4.39 Å². The Morgan fingerprint density at radius 2 is 1.81 bits per heavy atom. The molecule has 1 aromatic carbocycles. The molecule has 0 nitrogen and oxygen atoms in total. The molecule has 0 aromatic heterocycles. The Hall–Kier alpha value is -0.850. The van der Waals surface area contributed by atoms with Crippen molar-refractivity contribution in [2.75, 3.05) is 0 Å². The van der Waals surface area contributed by atoms with Gasteiger partial charge in [0.1, 0.15) is 5.82 Å². The van der Waals surface area contributed by atoms with Crippen LogP contribution in [0.15, 0.2) is 18.2 Å². The molecule has 1 rings (SSSR count). The first-order chi connectivity index (χ1) is 7.45. The molecule has 0 saturated carbocycles. The largest absolute Gasteiger partial charge is 0.207 e. The summed E-state index contributed by atoms with van der Waals surface area (Å²) in [5.74, 6) is -0.112. The second-order valence-electron chi connectivity index (χ2n) is 5.51. The van der Waals surface area contributed by atoms with Crippen LogP contribution in [-0.2, 0) is 11.8 Å². The second kappa shape index (κ2) is 5.47. The lowest BCUT2D eigenvalue weighted by atomic mass is 9.82. The van der Waals surface area contributed by atoms with Crippen LogP contribution in [-0.4, -0.2) is 0 Å². The summed E-state index contributed by atoms with van der Waals surface area (Å²) in [6.07, 6.45) is 4.58. The predicted molar refractivity (Wildman–Crippen MR) is 68.3 cm³/mol. The summed E-state index contributed by atoms with van der Waals surface area (Å²) in [4.78, 5) is 0. The molecule has 0 saturated heterocycles. The number of aryl methyl sites for hydroxylation is 1. The highest BCUT2D eigenvalue weighted by Crippen LogP contribution is 2.27. The molecular formula is C15H23F. The average molecular weight is 222 g/mol. The minimum atomic E-state index is -0.112. The van der Waals surface area contributed by atoms with E-state index in [2.05, 4.69) is 27.7 Å². The zero-order chi connectivity index (χ0) is 12.2. The molecule has 0 radical (unpaired) electrons. The summed E-state index contributed by atoms with van der Waals surface area (Å²) < 4.78 is 13.2. The normalized spacial score (nSPS) is 11.8. The summed E-state index contributed by atoms with van der Waals surface area (Å²) in [5, 5.41) is 0. The standard InChI is InChI=1S/C15H23F/c1-5-6-7-8-12-11-13(16)9-10-14(12)15(2,3)4/h9-11H,5-8H2,1-4H3. The molecular weight excluding hydrogens is 199 g/mol. The number of hydrogen-bond donors (Lipinski definition) is 0. The molecule has 0 heterocycles. The van der Waals surface area contributed by atoms with Gasteiger partial charge < -0.3 is 0 Å². The fourth-order valence-electron chi connectivity index (χ4n) is 2.07. The summed E-state index contributed by atoms with van der Waals surface area (Å²) in [5.41, 5.74) is 2.57. The molecule has 0 aliphatic heterocycles. The fraction of sp³-hybridized carbons (Fsp3) is 0.600. The molecule has 0 bridgehead atoms. The van der Waals surface area contributed by atoms with Crippen molar-refractivity contribution in [3.8, 4) is 0 Å². The molecule has 1 aromatic rings. The maximum absolute atomic E-state index is 13.2. The molecule has 90 valence electrons. The maximum Gasteiger partial charge on any atom is 0.123 e. The molecule has 0 atom stereocenters. The fourth-order valence-corrected chi connectivity index (χ4v) is 2.07. The third-order valence-corrected chi connectivity index (χ3v) is 2.92. The summed E-state index contributed by atoms with van der Waals surface area (Å²) in [6.45, 7) is 8.74. The van der Waals surface area contributed by atoms with Crippen molar-refractivity contribution < 1.29 is 4.39 Å². The van der Waals surface area contributed by atoms with Gasteiger partial charge in [-0.05, 0) is 41.5 Å². The smallest absolute Gasteiger partial charge is 0.123 e. The molecule has 0 spiro atoms. The molecule has 0 amide bonds. The quantitative estimate of drug-likeness (QED) is 0.638. The van der Waals surface area contributed by atoms with E-state index in [9.17, 15) is 4.39 Å². The van der Waals surface area contributed by atoms with E-state index in [1.807, 2.05) is 6.07 Å². The van der Waals surface area contributed by atoms with Crippen LogP contribution in [0.2, 0.25) is 0 Å². The molecule has 1 heteroatoms. The Kier molecular flexibility index (Phi) is 4.52. The molecule has 0 unspecified atom stereocenters. The van der Waals surface area contributed by atoms with E-state index in [1.54, 1.807) is 12.1 Å². The molecule has 0 fully saturated rings. The number of halogens is 1. The SMILES string of the molecule is CCCCCc1cc(F)ccc1C(C)(C)C. The summed E-state index contributed by atoms with van der Waals surface area (Å²) in [6, 6.07) is 5.22. The highest BCUT2D eigenvalue weighted by molar-refractivity contribution is 5.33. The first-order valence-corrected chi connectivity index (χ1v) is 6.24. The Bertz CT molecular complexity index is 334. The van der Waals surface area contributed by atoms with Gasteiger partial charge in [-0.1, -0.05) is 46.6 Å². The lowest BCUT2D eigenvalue weighted by molar-refractivity contribution is 0.569. The van der Waals surface area contributed by atoms with Gasteiger partial charge >= 0.3 is 0 Å². The number of rotatable bonds is 4. The van der Waals surface area contributed by atoms with Crippen LogP contribution in [0, 0.1) is 5.82 Å².